The first-order valence-corrected chi connectivity index (χ1v) is 7.49. The Kier molecular flexibility index (Phi) is 5.75. The third-order valence-corrected chi connectivity index (χ3v) is 3.77. The van der Waals surface area contributed by atoms with Crippen molar-refractivity contribution in [3.8, 4) is 0 Å². The predicted molar refractivity (Wildman–Crippen MR) is 81.5 cm³/mol. The molecule has 1 aromatic carbocycles. The van der Waals surface area contributed by atoms with Crippen molar-refractivity contribution < 1.29 is 9.59 Å². The van der Waals surface area contributed by atoms with Crippen molar-refractivity contribution in [2.45, 2.75) is 32.4 Å². The van der Waals surface area contributed by atoms with Gasteiger partial charge in [-0.05, 0) is 38.4 Å². The maximum absolute atomic E-state index is 12.1. The van der Waals surface area contributed by atoms with Gasteiger partial charge >= 0.3 is 0 Å². The van der Waals surface area contributed by atoms with Gasteiger partial charge in [0.15, 0.2) is 0 Å². The summed E-state index contributed by atoms with van der Waals surface area (Å²) in [5.74, 6) is -0.143. The van der Waals surface area contributed by atoms with Crippen LogP contribution in [0.4, 0.5) is 0 Å². The number of amides is 2. The summed E-state index contributed by atoms with van der Waals surface area (Å²) in [7, 11) is 0. The average molecular weight is 289 g/mol. The molecule has 1 heterocycles. The molecule has 21 heavy (non-hydrogen) atoms. The summed E-state index contributed by atoms with van der Waals surface area (Å²) in [5, 5.41) is 8.87. The predicted octanol–water partition coefficient (Wildman–Crippen LogP) is 0.807. The molecule has 0 bridgehead atoms. The van der Waals surface area contributed by atoms with Gasteiger partial charge in [0.1, 0.15) is 6.04 Å². The van der Waals surface area contributed by atoms with E-state index in [1.165, 1.54) is 0 Å². The minimum absolute atomic E-state index is 0.0149. The van der Waals surface area contributed by atoms with Crippen LogP contribution in [0.1, 0.15) is 25.3 Å². The van der Waals surface area contributed by atoms with Crippen LogP contribution in [0.25, 0.3) is 0 Å². The fourth-order valence-electron chi connectivity index (χ4n) is 2.42. The molecular formula is C16H23N3O2. The third-order valence-electron chi connectivity index (χ3n) is 3.77. The van der Waals surface area contributed by atoms with E-state index >= 15 is 0 Å². The normalized spacial score (nSPS) is 17.0. The first-order chi connectivity index (χ1) is 10.2. The number of nitrogens with one attached hydrogen (secondary N) is 3. The zero-order valence-corrected chi connectivity index (χ0v) is 12.4. The minimum atomic E-state index is -0.504. The Labute approximate surface area is 125 Å². The highest BCUT2D eigenvalue weighted by Crippen LogP contribution is 2.11. The monoisotopic (exact) mass is 289 g/mol. The van der Waals surface area contributed by atoms with E-state index in [0.717, 1.165) is 31.5 Å². The molecule has 5 heteroatoms. The van der Waals surface area contributed by atoms with Crippen LogP contribution in [0.15, 0.2) is 30.3 Å². The van der Waals surface area contributed by atoms with E-state index in [9.17, 15) is 9.59 Å². The van der Waals surface area contributed by atoms with E-state index < -0.39 is 6.04 Å². The standard InChI is InChI=1S/C16H23N3O2/c1-12(19-16(21)14-7-9-17-10-8-14)15(20)18-11-13-5-3-2-4-6-13/h2-6,12,14,17H,7-11H2,1H3,(H,18,20)(H,19,21). The maximum atomic E-state index is 12.1. The lowest BCUT2D eigenvalue weighted by molar-refractivity contribution is -0.131. The summed E-state index contributed by atoms with van der Waals surface area (Å²) < 4.78 is 0. The van der Waals surface area contributed by atoms with Gasteiger partial charge in [0.05, 0.1) is 0 Å². The molecule has 0 aliphatic carbocycles. The van der Waals surface area contributed by atoms with Crippen LogP contribution in [-0.4, -0.2) is 30.9 Å². The third kappa shape index (κ3) is 4.86. The van der Waals surface area contributed by atoms with Gasteiger partial charge in [0.2, 0.25) is 11.8 Å². The smallest absolute Gasteiger partial charge is 0.242 e. The topological polar surface area (TPSA) is 70.2 Å². The van der Waals surface area contributed by atoms with Gasteiger partial charge < -0.3 is 16.0 Å². The molecule has 1 aliphatic heterocycles. The molecule has 0 saturated carbocycles. The van der Waals surface area contributed by atoms with E-state index in [4.69, 9.17) is 0 Å². The minimum Gasteiger partial charge on any atom is -0.350 e. The van der Waals surface area contributed by atoms with Crippen LogP contribution in [0, 0.1) is 5.92 Å². The van der Waals surface area contributed by atoms with Gasteiger partial charge in [-0.15, -0.1) is 0 Å². The quantitative estimate of drug-likeness (QED) is 0.751. The highest BCUT2D eigenvalue weighted by Gasteiger charge is 2.23. The van der Waals surface area contributed by atoms with Crippen molar-refractivity contribution in [2.75, 3.05) is 13.1 Å². The van der Waals surface area contributed by atoms with Crippen LogP contribution in [-0.2, 0) is 16.1 Å². The van der Waals surface area contributed by atoms with Crippen LogP contribution >= 0.6 is 0 Å². The molecule has 2 rings (SSSR count). The molecule has 0 spiro atoms. The zero-order valence-electron chi connectivity index (χ0n) is 12.4. The zero-order chi connectivity index (χ0) is 15.1. The Morgan fingerprint density at radius 2 is 1.90 bits per heavy atom. The largest absolute Gasteiger partial charge is 0.350 e. The van der Waals surface area contributed by atoms with Crippen LogP contribution in [0.2, 0.25) is 0 Å². The molecule has 1 aromatic rings. The lowest BCUT2D eigenvalue weighted by atomic mass is 9.97. The SMILES string of the molecule is CC(NC(=O)C1CCNCC1)C(=O)NCc1ccccc1. The second-order valence-corrected chi connectivity index (χ2v) is 5.46. The van der Waals surface area contributed by atoms with Crippen molar-refractivity contribution in [1.29, 1.82) is 0 Å². The van der Waals surface area contributed by atoms with Gasteiger partial charge in [0.25, 0.3) is 0 Å². The number of rotatable bonds is 5. The number of piperidine rings is 1. The fraction of sp³-hybridized carbons (Fsp3) is 0.500. The highest BCUT2D eigenvalue weighted by molar-refractivity contribution is 5.88. The number of hydrogen-bond donors (Lipinski definition) is 3. The summed E-state index contributed by atoms with van der Waals surface area (Å²) in [4.78, 5) is 24.1. The van der Waals surface area contributed by atoms with Crippen LogP contribution < -0.4 is 16.0 Å². The van der Waals surface area contributed by atoms with Crippen molar-refractivity contribution in [3.05, 3.63) is 35.9 Å². The Morgan fingerprint density at radius 3 is 2.57 bits per heavy atom. The van der Waals surface area contributed by atoms with E-state index in [1.54, 1.807) is 6.92 Å². The molecule has 0 radical (unpaired) electrons. The summed E-state index contributed by atoms with van der Waals surface area (Å²) in [5.41, 5.74) is 1.04. The molecule has 1 aliphatic rings. The van der Waals surface area contributed by atoms with Gasteiger partial charge in [-0.2, -0.15) is 0 Å². The molecular weight excluding hydrogens is 266 g/mol. The highest BCUT2D eigenvalue weighted by atomic mass is 16.2. The summed E-state index contributed by atoms with van der Waals surface area (Å²) in [6.07, 6.45) is 1.67. The second kappa shape index (κ2) is 7.78. The van der Waals surface area contributed by atoms with Crippen LogP contribution in [0.5, 0.6) is 0 Å². The molecule has 1 unspecified atom stereocenters. The van der Waals surface area contributed by atoms with Crippen molar-refractivity contribution >= 4 is 11.8 Å². The Hall–Kier alpha value is -1.88. The summed E-state index contributed by atoms with van der Waals surface area (Å²) in [6.45, 7) is 3.94. The first-order valence-electron chi connectivity index (χ1n) is 7.49. The Balaban J connectivity index is 1.75. The number of carbonyl (C=O) groups excluding carboxylic acids is 2. The van der Waals surface area contributed by atoms with Gasteiger partial charge in [-0.1, -0.05) is 30.3 Å². The molecule has 5 nitrogen and oxygen atoms in total. The lowest BCUT2D eigenvalue weighted by Crippen LogP contribution is -2.48. The molecule has 2 amide bonds. The molecule has 1 atom stereocenters. The molecule has 114 valence electrons. The Bertz CT molecular complexity index is 470. The number of carbonyl (C=O) groups is 2. The lowest BCUT2D eigenvalue weighted by Gasteiger charge is -2.23. The van der Waals surface area contributed by atoms with Crippen molar-refractivity contribution in [2.24, 2.45) is 5.92 Å². The molecule has 1 fully saturated rings. The molecule has 0 aromatic heterocycles. The summed E-state index contributed by atoms with van der Waals surface area (Å²) in [6, 6.07) is 9.22. The molecule has 1 saturated heterocycles. The van der Waals surface area contributed by atoms with E-state index in [1.807, 2.05) is 30.3 Å². The van der Waals surface area contributed by atoms with Gasteiger partial charge in [-0.25, -0.2) is 0 Å². The van der Waals surface area contributed by atoms with Crippen molar-refractivity contribution in [3.63, 3.8) is 0 Å². The Morgan fingerprint density at radius 1 is 1.24 bits per heavy atom. The number of benzene rings is 1. The average Bonchev–Trinajstić information content (AvgIpc) is 2.54. The maximum Gasteiger partial charge on any atom is 0.242 e. The fourth-order valence-corrected chi connectivity index (χ4v) is 2.42. The number of hydrogen-bond acceptors (Lipinski definition) is 3. The van der Waals surface area contributed by atoms with E-state index in [0.29, 0.717) is 6.54 Å². The second-order valence-electron chi connectivity index (χ2n) is 5.46. The first kappa shape index (κ1) is 15.5. The molecule has 3 N–H and O–H groups in total. The van der Waals surface area contributed by atoms with Gasteiger partial charge in [-0.3, -0.25) is 9.59 Å². The van der Waals surface area contributed by atoms with E-state index in [2.05, 4.69) is 16.0 Å². The van der Waals surface area contributed by atoms with Crippen LogP contribution in [0.3, 0.4) is 0 Å². The van der Waals surface area contributed by atoms with Gasteiger partial charge in [0, 0.05) is 12.5 Å². The van der Waals surface area contributed by atoms with Crippen molar-refractivity contribution in [1.82, 2.24) is 16.0 Å². The van der Waals surface area contributed by atoms with E-state index in [-0.39, 0.29) is 17.7 Å². The summed E-state index contributed by atoms with van der Waals surface area (Å²) >= 11 is 0.